The highest BCUT2D eigenvalue weighted by Crippen LogP contribution is 2.30. The maximum absolute atomic E-state index is 13.1. The second-order valence-corrected chi connectivity index (χ2v) is 10.1. The molecule has 0 bridgehead atoms. The summed E-state index contributed by atoms with van der Waals surface area (Å²) in [6.07, 6.45) is 0.892. The Kier molecular flexibility index (Phi) is 7.30. The molecule has 0 aromatic heterocycles. The number of anilines is 1. The second kappa shape index (κ2) is 9.79. The van der Waals surface area contributed by atoms with E-state index in [1.807, 2.05) is 13.8 Å². The molecule has 2 aromatic rings. The molecule has 32 heavy (non-hydrogen) atoms. The molecule has 2 N–H and O–H groups in total. The van der Waals surface area contributed by atoms with Crippen molar-refractivity contribution in [3.05, 3.63) is 59.4 Å². The number of fused-ring (bicyclic) bond motifs is 1. The number of nitrogens with zero attached hydrogens (tertiary/aromatic N) is 1. The zero-order valence-corrected chi connectivity index (χ0v) is 19.2. The average molecular weight is 462 g/mol. The van der Waals surface area contributed by atoms with Gasteiger partial charge in [-0.25, -0.2) is 12.8 Å². The smallest absolute Gasteiger partial charge is 0.241 e. The summed E-state index contributed by atoms with van der Waals surface area (Å²) in [6.45, 7) is 5.96. The molecule has 3 rings (SSSR count). The molecule has 0 fully saturated rings. The molecule has 0 radical (unpaired) electrons. The molecule has 1 aliphatic heterocycles. The first kappa shape index (κ1) is 23.9. The van der Waals surface area contributed by atoms with Crippen LogP contribution in [0.25, 0.3) is 0 Å². The van der Waals surface area contributed by atoms with Gasteiger partial charge in [0.15, 0.2) is 0 Å². The molecule has 0 saturated carbocycles. The predicted octanol–water partition coefficient (Wildman–Crippen LogP) is 2.74. The van der Waals surface area contributed by atoms with Crippen LogP contribution < -0.4 is 14.9 Å². The van der Waals surface area contributed by atoms with Crippen molar-refractivity contribution in [1.29, 1.82) is 0 Å². The van der Waals surface area contributed by atoms with Crippen molar-refractivity contribution in [3.8, 4) is 0 Å². The molecule has 0 spiro atoms. The van der Waals surface area contributed by atoms with Crippen LogP contribution in [-0.2, 0) is 32.6 Å². The molecule has 9 heteroatoms. The van der Waals surface area contributed by atoms with Crippen LogP contribution in [0.5, 0.6) is 0 Å². The van der Waals surface area contributed by atoms with E-state index >= 15 is 0 Å². The molecule has 1 aliphatic rings. The highest BCUT2D eigenvalue weighted by molar-refractivity contribution is 7.89. The van der Waals surface area contributed by atoms with Gasteiger partial charge in [0.1, 0.15) is 11.9 Å². The summed E-state index contributed by atoms with van der Waals surface area (Å²) in [7, 11) is -3.96. The van der Waals surface area contributed by atoms with Crippen molar-refractivity contribution >= 4 is 27.5 Å². The van der Waals surface area contributed by atoms with Gasteiger partial charge in [0, 0.05) is 25.7 Å². The van der Waals surface area contributed by atoms with E-state index in [4.69, 9.17) is 0 Å². The van der Waals surface area contributed by atoms with Gasteiger partial charge in [0.2, 0.25) is 21.8 Å². The third-order valence-electron chi connectivity index (χ3n) is 5.34. The van der Waals surface area contributed by atoms with Crippen molar-refractivity contribution in [2.24, 2.45) is 5.92 Å². The highest BCUT2D eigenvalue weighted by Gasteiger charge is 2.29. The first-order valence-corrected chi connectivity index (χ1v) is 12.0. The Bertz CT molecular complexity index is 1100. The van der Waals surface area contributed by atoms with E-state index in [1.54, 1.807) is 29.2 Å². The summed E-state index contributed by atoms with van der Waals surface area (Å²) in [5.41, 5.74) is 2.20. The molecule has 7 nitrogen and oxygen atoms in total. The third-order valence-corrected chi connectivity index (χ3v) is 6.81. The van der Waals surface area contributed by atoms with Crippen LogP contribution >= 0.6 is 0 Å². The summed E-state index contributed by atoms with van der Waals surface area (Å²) in [4.78, 5) is 26.2. The zero-order chi connectivity index (χ0) is 23.5. The SMILES string of the molecule is CC(=O)N1CCc2cc(S(=O)(=O)N[C@@H](CC(C)C)C(=O)NCc3ccc(F)cc3)ccc21. The number of carbonyl (C=O) groups excluding carboxylic acids is 2. The quantitative estimate of drug-likeness (QED) is 0.632. The van der Waals surface area contributed by atoms with Crippen molar-refractivity contribution in [3.63, 3.8) is 0 Å². The highest BCUT2D eigenvalue weighted by atomic mass is 32.2. The monoisotopic (exact) mass is 461 g/mol. The minimum absolute atomic E-state index is 0.0572. The van der Waals surface area contributed by atoms with Gasteiger partial charge in [-0.15, -0.1) is 0 Å². The van der Waals surface area contributed by atoms with Crippen molar-refractivity contribution in [1.82, 2.24) is 10.0 Å². The van der Waals surface area contributed by atoms with Crippen molar-refractivity contribution in [2.75, 3.05) is 11.4 Å². The number of hydrogen-bond acceptors (Lipinski definition) is 4. The van der Waals surface area contributed by atoms with Crippen LogP contribution in [0.15, 0.2) is 47.4 Å². The predicted molar refractivity (Wildman–Crippen MR) is 120 cm³/mol. The summed E-state index contributed by atoms with van der Waals surface area (Å²) >= 11 is 0. The third kappa shape index (κ3) is 5.72. The van der Waals surface area contributed by atoms with E-state index in [0.29, 0.717) is 30.6 Å². The standard InChI is InChI=1S/C23H28FN3O4S/c1-15(2)12-21(23(29)25-14-17-4-6-19(24)7-5-17)26-32(30,31)20-8-9-22-18(13-20)10-11-27(22)16(3)28/h4-9,13,15,21,26H,10-12,14H2,1-3H3,(H,25,29)/t21-/m0/s1. The van der Waals surface area contributed by atoms with Gasteiger partial charge in [0.25, 0.3) is 0 Å². The van der Waals surface area contributed by atoms with Crippen LogP contribution in [-0.4, -0.2) is 32.8 Å². The minimum Gasteiger partial charge on any atom is -0.351 e. The number of amides is 2. The van der Waals surface area contributed by atoms with E-state index in [0.717, 1.165) is 5.56 Å². The first-order chi connectivity index (χ1) is 15.1. The van der Waals surface area contributed by atoms with Crippen LogP contribution in [0.3, 0.4) is 0 Å². The molecular formula is C23H28FN3O4S. The van der Waals surface area contributed by atoms with E-state index in [1.165, 1.54) is 25.1 Å². The minimum atomic E-state index is -3.96. The molecule has 0 saturated heterocycles. The molecular weight excluding hydrogens is 433 g/mol. The first-order valence-electron chi connectivity index (χ1n) is 10.5. The van der Waals surface area contributed by atoms with Gasteiger partial charge in [-0.1, -0.05) is 26.0 Å². The fraction of sp³-hybridized carbons (Fsp3) is 0.391. The van der Waals surface area contributed by atoms with Gasteiger partial charge >= 0.3 is 0 Å². The van der Waals surface area contributed by atoms with Gasteiger partial charge in [-0.3, -0.25) is 9.59 Å². The summed E-state index contributed by atoms with van der Waals surface area (Å²) in [6, 6.07) is 9.41. The maximum Gasteiger partial charge on any atom is 0.241 e. The molecule has 2 amide bonds. The number of nitrogens with one attached hydrogen (secondary N) is 2. The number of carbonyl (C=O) groups is 2. The fourth-order valence-corrected chi connectivity index (χ4v) is 4.98. The summed E-state index contributed by atoms with van der Waals surface area (Å²) < 4.78 is 41.7. The van der Waals surface area contributed by atoms with E-state index in [2.05, 4.69) is 10.0 Å². The molecule has 1 atom stereocenters. The number of sulfonamides is 1. The van der Waals surface area contributed by atoms with E-state index in [-0.39, 0.29) is 29.1 Å². The van der Waals surface area contributed by atoms with E-state index < -0.39 is 22.0 Å². The Morgan fingerprint density at radius 1 is 1.12 bits per heavy atom. The van der Waals surface area contributed by atoms with Crippen LogP contribution in [0.2, 0.25) is 0 Å². The molecule has 1 heterocycles. The van der Waals surface area contributed by atoms with Gasteiger partial charge in [0.05, 0.1) is 4.90 Å². The van der Waals surface area contributed by atoms with Gasteiger partial charge < -0.3 is 10.2 Å². The molecule has 0 unspecified atom stereocenters. The lowest BCUT2D eigenvalue weighted by molar-refractivity contribution is -0.123. The lowest BCUT2D eigenvalue weighted by Gasteiger charge is -2.21. The number of benzene rings is 2. The van der Waals surface area contributed by atoms with Gasteiger partial charge in [-0.2, -0.15) is 4.72 Å². The Hall–Kier alpha value is -2.78. The van der Waals surface area contributed by atoms with Crippen LogP contribution in [0, 0.1) is 11.7 Å². The maximum atomic E-state index is 13.1. The summed E-state index contributed by atoms with van der Waals surface area (Å²) in [5, 5.41) is 2.73. The largest absolute Gasteiger partial charge is 0.351 e. The fourth-order valence-electron chi connectivity index (χ4n) is 3.72. The zero-order valence-electron chi connectivity index (χ0n) is 18.4. The molecule has 2 aromatic carbocycles. The second-order valence-electron chi connectivity index (χ2n) is 8.36. The Balaban J connectivity index is 1.74. The Labute approximate surface area is 188 Å². The molecule has 0 aliphatic carbocycles. The van der Waals surface area contributed by atoms with Crippen LogP contribution in [0.1, 0.15) is 38.3 Å². The topological polar surface area (TPSA) is 95.6 Å². The lowest BCUT2D eigenvalue weighted by Crippen LogP contribution is -2.47. The normalized spacial score (nSPS) is 14.3. The average Bonchev–Trinajstić information content (AvgIpc) is 3.16. The molecule has 172 valence electrons. The lowest BCUT2D eigenvalue weighted by atomic mass is 10.0. The number of rotatable bonds is 8. The Morgan fingerprint density at radius 3 is 2.44 bits per heavy atom. The van der Waals surface area contributed by atoms with E-state index in [9.17, 15) is 22.4 Å². The number of hydrogen-bond donors (Lipinski definition) is 2. The van der Waals surface area contributed by atoms with Crippen molar-refractivity contribution < 1.29 is 22.4 Å². The van der Waals surface area contributed by atoms with Crippen LogP contribution in [0.4, 0.5) is 10.1 Å². The van der Waals surface area contributed by atoms with Gasteiger partial charge in [-0.05, 0) is 60.2 Å². The summed E-state index contributed by atoms with van der Waals surface area (Å²) in [5.74, 6) is -0.836. The van der Waals surface area contributed by atoms with Crippen molar-refractivity contribution in [2.45, 2.75) is 51.1 Å². The Morgan fingerprint density at radius 2 is 1.81 bits per heavy atom. The number of halogens is 1.